The van der Waals surface area contributed by atoms with Gasteiger partial charge in [-0.2, -0.15) is 0 Å². The van der Waals surface area contributed by atoms with Crippen molar-refractivity contribution in [3.8, 4) is 11.8 Å². The second-order valence-corrected chi connectivity index (χ2v) is 11.0. The highest BCUT2D eigenvalue weighted by Crippen LogP contribution is 2.42. The molecule has 0 atom stereocenters. The van der Waals surface area contributed by atoms with Crippen molar-refractivity contribution in [2.45, 2.75) is 136 Å². The van der Waals surface area contributed by atoms with Crippen molar-refractivity contribution < 1.29 is 0 Å². The molecule has 0 aromatic rings. The summed E-state index contributed by atoms with van der Waals surface area (Å²) < 4.78 is 0. The fourth-order valence-electron chi connectivity index (χ4n) is 6.69. The Kier molecular flexibility index (Phi) is 10.5. The molecule has 0 spiro atoms. The van der Waals surface area contributed by atoms with Crippen LogP contribution in [0.3, 0.4) is 0 Å². The van der Waals surface area contributed by atoms with Crippen molar-refractivity contribution in [2.75, 3.05) is 0 Å². The maximum absolute atomic E-state index is 3.76. The minimum Gasteiger partial charge on any atom is -0.0996 e. The Hall–Kier alpha value is -0.440. The van der Waals surface area contributed by atoms with Gasteiger partial charge in [0.2, 0.25) is 0 Å². The first kappa shape index (κ1) is 23.2. The van der Waals surface area contributed by atoms with E-state index in [-0.39, 0.29) is 0 Å². The van der Waals surface area contributed by atoms with Crippen LogP contribution in [0.25, 0.3) is 0 Å². The highest BCUT2D eigenvalue weighted by atomic mass is 14.4. The number of hydrogen-bond donors (Lipinski definition) is 0. The Morgan fingerprint density at radius 3 is 1.41 bits per heavy atom. The summed E-state index contributed by atoms with van der Waals surface area (Å²) in [6.07, 6.45) is 27.7. The first-order valence-corrected chi connectivity index (χ1v) is 13.8. The third kappa shape index (κ3) is 7.96. The van der Waals surface area contributed by atoms with Gasteiger partial charge < -0.3 is 0 Å². The lowest BCUT2D eigenvalue weighted by molar-refractivity contribution is 0.153. The predicted octanol–water partition coefficient (Wildman–Crippen LogP) is 9.18. The van der Waals surface area contributed by atoms with Crippen LogP contribution in [-0.4, -0.2) is 0 Å². The van der Waals surface area contributed by atoms with E-state index in [1.54, 1.807) is 0 Å². The van der Waals surface area contributed by atoms with Crippen LogP contribution in [0.15, 0.2) is 0 Å². The standard InChI is InChI=1S/C29H50/c1-3-5-7-9-25-10-12-26(13-11-25)14-15-27-18-22-29(23-19-27)28-20-16-24(17-21-28)8-6-4-2/h24-29H,3-13,16-23H2,1-2H3. The molecule has 3 fully saturated rings. The molecule has 3 aliphatic carbocycles. The van der Waals surface area contributed by atoms with Crippen molar-refractivity contribution in [3.05, 3.63) is 0 Å². The normalized spacial score (nSPS) is 35.7. The van der Waals surface area contributed by atoms with E-state index in [4.69, 9.17) is 0 Å². The Balaban J connectivity index is 1.30. The van der Waals surface area contributed by atoms with Gasteiger partial charge in [-0.1, -0.05) is 83.5 Å². The molecule has 0 aromatic carbocycles. The van der Waals surface area contributed by atoms with Gasteiger partial charge in [0.15, 0.2) is 0 Å². The van der Waals surface area contributed by atoms with E-state index < -0.39 is 0 Å². The first-order valence-electron chi connectivity index (χ1n) is 13.8. The zero-order valence-corrected chi connectivity index (χ0v) is 19.9. The summed E-state index contributed by atoms with van der Waals surface area (Å²) in [6, 6.07) is 0. The van der Waals surface area contributed by atoms with Gasteiger partial charge in [-0.05, 0) is 87.9 Å². The van der Waals surface area contributed by atoms with E-state index >= 15 is 0 Å². The van der Waals surface area contributed by atoms with Crippen LogP contribution < -0.4 is 0 Å². The Morgan fingerprint density at radius 1 is 0.483 bits per heavy atom. The third-order valence-electron chi connectivity index (χ3n) is 8.85. The van der Waals surface area contributed by atoms with Crippen LogP contribution >= 0.6 is 0 Å². The van der Waals surface area contributed by atoms with Crippen molar-refractivity contribution >= 4 is 0 Å². The van der Waals surface area contributed by atoms with Crippen molar-refractivity contribution in [1.29, 1.82) is 0 Å². The lowest BCUT2D eigenvalue weighted by Gasteiger charge is -2.37. The summed E-state index contributed by atoms with van der Waals surface area (Å²) in [6.45, 7) is 4.66. The zero-order valence-electron chi connectivity index (χ0n) is 19.9. The first-order chi connectivity index (χ1) is 14.3. The molecule has 3 rings (SSSR count). The summed E-state index contributed by atoms with van der Waals surface area (Å²) in [5.74, 6) is 13.2. The second kappa shape index (κ2) is 13.1. The van der Waals surface area contributed by atoms with Gasteiger partial charge in [0.25, 0.3) is 0 Å². The van der Waals surface area contributed by atoms with Gasteiger partial charge in [0, 0.05) is 11.8 Å². The molecule has 0 saturated heterocycles. The Bertz CT molecular complexity index is 470. The maximum Gasteiger partial charge on any atom is 0.0203 e. The molecular weight excluding hydrogens is 348 g/mol. The average molecular weight is 399 g/mol. The second-order valence-electron chi connectivity index (χ2n) is 11.0. The topological polar surface area (TPSA) is 0 Å². The molecule has 3 saturated carbocycles. The predicted molar refractivity (Wildman–Crippen MR) is 128 cm³/mol. The SMILES string of the molecule is CCCCCC1CCC(C#CC2CCC(C3CCC(CCCC)CC3)CC2)CC1. The fraction of sp³-hybridized carbons (Fsp3) is 0.931. The molecule has 166 valence electrons. The molecule has 3 aliphatic rings. The van der Waals surface area contributed by atoms with Crippen LogP contribution in [-0.2, 0) is 0 Å². The number of rotatable bonds is 8. The minimum atomic E-state index is 0.730. The van der Waals surface area contributed by atoms with E-state index in [9.17, 15) is 0 Å². The fourth-order valence-corrected chi connectivity index (χ4v) is 6.69. The van der Waals surface area contributed by atoms with Crippen LogP contribution in [0.1, 0.15) is 136 Å². The largest absolute Gasteiger partial charge is 0.0996 e. The van der Waals surface area contributed by atoms with Crippen LogP contribution in [0, 0.1) is 47.3 Å². The van der Waals surface area contributed by atoms with E-state index in [0.29, 0.717) is 0 Å². The molecular formula is C29H50. The maximum atomic E-state index is 3.76. The summed E-state index contributed by atoms with van der Waals surface area (Å²) in [4.78, 5) is 0. The molecule has 0 bridgehead atoms. The third-order valence-corrected chi connectivity index (χ3v) is 8.85. The number of unbranched alkanes of at least 4 members (excludes halogenated alkanes) is 3. The van der Waals surface area contributed by atoms with Gasteiger partial charge in [-0.15, -0.1) is 0 Å². The molecule has 0 unspecified atom stereocenters. The quantitative estimate of drug-likeness (QED) is 0.282. The van der Waals surface area contributed by atoms with Crippen LogP contribution in [0.5, 0.6) is 0 Å². The number of hydrogen-bond acceptors (Lipinski definition) is 0. The molecule has 0 heteroatoms. The van der Waals surface area contributed by atoms with Crippen molar-refractivity contribution in [2.24, 2.45) is 35.5 Å². The Morgan fingerprint density at radius 2 is 0.897 bits per heavy atom. The lowest BCUT2D eigenvalue weighted by Crippen LogP contribution is -2.25. The highest BCUT2D eigenvalue weighted by Gasteiger charge is 2.30. The molecule has 0 heterocycles. The lowest BCUT2D eigenvalue weighted by atomic mass is 9.68. The van der Waals surface area contributed by atoms with Gasteiger partial charge in [-0.25, -0.2) is 0 Å². The van der Waals surface area contributed by atoms with Crippen LogP contribution in [0.2, 0.25) is 0 Å². The van der Waals surface area contributed by atoms with Crippen molar-refractivity contribution in [3.63, 3.8) is 0 Å². The summed E-state index contributed by atoms with van der Waals surface area (Å²) in [7, 11) is 0. The monoisotopic (exact) mass is 398 g/mol. The van der Waals surface area contributed by atoms with E-state index in [0.717, 1.165) is 35.5 Å². The molecule has 0 amide bonds. The molecule has 0 nitrogen and oxygen atoms in total. The zero-order chi connectivity index (χ0) is 20.3. The summed E-state index contributed by atoms with van der Waals surface area (Å²) in [5, 5.41) is 0. The highest BCUT2D eigenvalue weighted by molar-refractivity contribution is 5.09. The molecule has 0 radical (unpaired) electrons. The van der Waals surface area contributed by atoms with E-state index in [1.807, 2.05) is 0 Å². The van der Waals surface area contributed by atoms with Crippen LogP contribution in [0.4, 0.5) is 0 Å². The smallest absolute Gasteiger partial charge is 0.0203 e. The summed E-state index contributed by atoms with van der Waals surface area (Å²) in [5.41, 5.74) is 0. The molecule has 0 aliphatic heterocycles. The van der Waals surface area contributed by atoms with E-state index in [2.05, 4.69) is 25.7 Å². The molecule has 0 aromatic heterocycles. The van der Waals surface area contributed by atoms with Crippen molar-refractivity contribution in [1.82, 2.24) is 0 Å². The molecule has 29 heavy (non-hydrogen) atoms. The van der Waals surface area contributed by atoms with E-state index in [1.165, 1.54) is 122 Å². The van der Waals surface area contributed by atoms with Gasteiger partial charge in [0.05, 0.1) is 0 Å². The molecule has 0 N–H and O–H groups in total. The minimum absolute atomic E-state index is 0.730. The van der Waals surface area contributed by atoms with Gasteiger partial charge in [-0.3, -0.25) is 0 Å². The average Bonchev–Trinajstić information content (AvgIpc) is 2.78. The Labute approximate surface area is 183 Å². The summed E-state index contributed by atoms with van der Waals surface area (Å²) >= 11 is 0. The van der Waals surface area contributed by atoms with Gasteiger partial charge >= 0.3 is 0 Å². The van der Waals surface area contributed by atoms with Gasteiger partial charge in [0.1, 0.15) is 0 Å².